The summed E-state index contributed by atoms with van der Waals surface area (Å²) in [5.74, 6) is 0.423. The predicted octanol–water partition coefficient (Wildman–Crippen LogP) is 5.86. The lowest BCUT2D eigenvalue weighted by Crippen LogP contribution is -2.13. The molecule has 4 aromatic rings. The van der Waals surface area contributed by atoms with Crippen molar-refractivity contribution < 1.29 is 23.9 Å². The molecular weight excluding hydrogens is 449 g/mol. The minimum absolute atomic E-state index is 0.352. The first-order chi connectivity index (χ1) is 16.4. The van der Waals surface area contributed by atoms with Crippen LogP contribution in [0.2, 0.25) is 0 Å². The number of rotatable bonds is 8. The van der Waals surface area contributed by atoms with E-state index in [0.717, 1.165) is 22.4 Å². The number of amides is 1. The van der Waals surface area contributed by atoms with Gasteiger partial charge in [0.1, 0.15) is 12.4 Å². The molecule has 4 aromatic carbocycles. The van der Waals surface area contributed by atoms with E-state index in [1.807, 2.05) is 66.7 Å². The zero-order valence-electron chi connectivity index (χ0n) is 18.3. The molecule has 0 unspecified atom stereocenters. The van der Waals surface area contributed by atoms with Crippen LogP contribution >= 0.6 is 7.60 Å². The lowest BCUT2D eigenvalue weighted by atomic mass is 10.0. The van der Waals surface area contributed by atoms with Gasteiger partial charge >= 0.3 is 7.60 Å². The summed E-state index contributed by atoms with van der Waals surface area (Å²) in [6, 6.07) is 31.5. The summed E-state index contributed by atoms with van der Waals surface area (Å²) in [7, 11) is -4.25. The van der Waals surface area contributed by atoms with Gasteiger partial charge in [-0.1, -0.05) is 72.8 Å². The van der Waals surface area contributed by atoms with E-state index >= 15 is 0 Å². The van der Waals surface area contributed by atoms with Crippen LogP contribution in [0.1, 0.15) is 21.5 Å². The third-order valence-corrected chi connectivity index (χ3v) is 5.98. The van der Waals surface area contributed by atoms with E-state index in [0.29, 0.717) is 23.4 Å². The molecule has 0 aliphatic rings. The third-order valence-electron chi connectivity index (χ3n) is 5.22. The minimum Gasteiger partial charge on any atom is -0.489 e. The lowest BCUT2D eigenvalue weighted by molar-refractivity contribution is 0.102. The molecule has 0 saturated heterocycles. The van der Waals surface area contributed by atoms with Crippen LogP contribution in [0, 0.1) is 0 Å². The van der Waals surface area contributed by atoms with Gasteiger partial charge in [0.25, 0.3) is 5.91 Å². The van der Waals surface area contributed by atoms with Gasteiger partial charge in [-0.05, 0) is 52.6 Å². The van der Waals surface area contributed by atoms with Gasteiger partial charge in [0.05, 0.1) is 6.16 Å². The molecule has 0 spiro atoms. The summed E-state index contributed by atoms with van der Waals surface area (Å²) in [6.07, 6.45) is -0.437. The Morgan fingerprint density at radius 2 is 1.35 bits per heavy atom. The van der Waals surface area contributed by atoms with Gasteiger partial charge in [-0.3, -0.25) is 9.36 Å². The number of nitrogens with one attached hydrogen (secondary N) is 1. The van der Waals surface area contributed by atoms with E-state index < -0.39 is 13.8 Å². The van der Waals surface area contributed by atoms with Crippen molar-refractivity contribution in [3.63, 3.8) is 0 Å². The molecule has 0 heterocycles. The second kappa shape index (κ2) is 10.5. The molecule has 3 N–H and O–H groups in total. The van der Waals surface area contributed by atoms with E-state index in [2.05, 4.69) is 5.32 Å². The van der Waals surface area contributed by atoms with Gasteiger partial charge in [-0.25, -0.2) is 0 Å². The zero-order valence-corrected chi connectivity index (χ0v) is 19.2. The van der Waals surface area contributed by atoms with E-state index in [1.165, 1.54) is 0 Å². The van der Waals surface area contributed by atoms with E-state index in [9.17, 15) is 19.1 Å². The van der Waals surface area contributed by atoms with Gasteiger partial charge in [0, 0.05) is 11.3 Å². The maximum absolute atomic E-state index is 12.7. The van der Waals surface area contributed by atoms with Crippen LogP contribution in [0.15, 0.2) is 103 Å². The summed E-state index contributed by atoms with van der Waals surface area (Å²) < 4.78 is 17.2. The van der Waals surface area contributed by atoms with Gasteiger partial charge in [-0.2, -0.15) is 0 Å². The van der Waals surface area contributed by atoms with Crippen molar-refractivity contribution in [2.24, 2.45) is 0 Å². The highest BCUT2D eigenvalue weighted by Crippen LogP contribution is 2.41. The molecule has 1 amide bonds. The van der Waals surface area contributed by atoms with Gasteiger partial charge in [0.2, 0.25) is 0 Å². The Morgan fingerprint density at radius 1 is 0.765 bits per heavy atom. The van der Waals surface area contributed by atoms with Crippen LogP contribution in [-0.4, -0.2) is 15.7 Å². The first-order valence-electron chi connectivity index (χ1n) is 10.7. The van der Waals surface area contributed by atoms with Crippen LogP contribution in [0.25, 0.3) is 11.1 Å². The number of hydrogen-bond donors (Lipinski definition) is 3. The quantitative estimate of drug-likeness (QED) is 0.279. The Balaban J connectivity index is 1.40. The Labute approximate surface area is 198 Å². The topological polar surface area (TPSA) is 95.9 Å². The smallest absolute Gasteiger partial charge is 0.329 e. The van der Waals surface area contributed by atoms with Crippen molar-refractivity contribution in [1.29, 1.82) is 0 Å². The molecular formula is C27H24NO5P. The van der Waals surface area contributed by atoms with Crippen molar-refractivity contribution in [3.05, 3.63) is 120 Å². The highest BCUT2D eigenvalue weighted by atomic mass is 31.2. The molecule has 0 atom stereocenters. The summed E-state index contributed by atoms with van der Waals surface area (Å²) in [4.78, 5) is 31.2. The normalized spacial score (nSPS) is 11.1. The fraction of sp³-hybridized carbons (Fsp3) is 0.0741. The van der Waals surface area contributed by atoms with Crippen molar-refractivity contribution in [2.75, 3.05) is 5.32 Å². The van der Waals surface area contributed by atoms with E-state index in [4.69, 9.17) is 4.74 Å². The van der Waals surface area contributed by atoms with Crippen molar-refractivity contribution in [2.45, 2.75) is 12.8 Å². The van der Waals surface area contributed by atoms with Gasteiger partial charge < -0.3 is 19.8 Å². The average Bonchev–Trinajstić information content (AvgIpc) is 2.84. The standard InChI is InChI=1S/C27H24NO5P/c29-27(28-26-9-5-4-8-24(26)19-34(30,31)32)23-12-10-21(11-13-23)22-14-16-25(17-15-22)33-18-20-6-2-1-3-7-20/h1-17H,18-19H2,(H,28,29)(H2,30,31,32). The molecule has 7 heteroatoms. The Hall–Kier alpha value is -3.70. The monoisotopic (exact) mass is 473 g/mol. The minimum atomic E-state index is -4.25. The number of benzene rings is 4. The molecule has 0 bridgehead atoms. The van der Waals surface area contributed by atoms with Crippen LogP contribution in [0.5, 0.6) is 5.75 Å². The summed E-state index contributed by atoms with van der Waals surface area (Å²) in [5, 5.41) is 2.74. The summed E-state index contributed by atoms with van der Waals surface area (Å²) in [5.41, 5.74) is 4.25. The van der Waals surface area contributed by atoms with Gasteiger partial charge in [-0.15, -0.1) is 0 Å². The largest absolute Gasteiger partial charge is 0.489 e. The molecule has 0 aromatic heterocycles. The molecule has 34 heavy (non-hydrogen) atoms. The van der Waals surface area contributed by atoms with Crippen molar-refractivity contribution >= 4 is 19.2 Å². The second-order valence-electron chi connectivity index (χ2n) is 7.81. The Bertz CT molecular complexity index is 1300. The number of para-hydroxylation sites is 1. The number of carbonyl (C=O) groups is 1. The fourth-order valence-corrected chi connectivity index (χ4v) is 4.21. The van der Waals surface area contributed by atoms with Crippen LogP contribution < -0.4 is 10.1 Å². The second-order valence-corrected chi connectivity index (χ2v) is 9.46. The highest BCUT2D eigenvalue weighted by molar-refractivity contribution is 7.50. The molecule has 4 rings (SSSR count). The molecule has 0 saturated carbocycles. The fourth-order valence-electron chi connectivity index (χ4n) is 3.50. The molecule has 172 valence electrons. The average molecular weight is 473 g/mol. The maximum Gasteiger partial charge on any atom is 0.329 e. The third kappa shape index (κ3) is 6.42. The Morgan fingerprint density at radius 3 is 2.00 bits per heavy atom. The maximum atomic E-state index is 12.7. The number of ether oxygens (including phenoxy) is 1. The molecule has 0 aliphatic heterocycles. The van der Waals surface area contributed by atoms with E-state index in [1.54, 1.807) is 36.4 Å². The number of carbonyl (C=O) groups excluding carboxylic acids is 1. The van der Waals surface area contributed by atoms with Crippen molar-refractivity contribution in [1.82, 2.24) is 0 Å². The number of anilines is 1. The first kappa shape index (κ1) is 23.5. The SMILES string of the molecule is O=C(Nc1ccccc1CP(=O)(O)O)c1ccc(-c2ccc(OCc3ccccc3)cc2)cc1. The predicted molar refractivity (Wildman–Crippen MR) is 133 cm³/mol. The molecule has 0 radical (unpaired) electrons. The zero-order chi connectivity index (χ0) is 24.0. The van der Waals surface area contributed by atoms with Crippen LogP contribution in [0.3, 0.4) is 0 Å². The van der Waals surface area contributed by atoms with Crippen LogP contribution in [-0.2, 0) is 17.3 Å². The molecule has 0 aliphatic carbocycles. The van der Waals surface area contributed by atoms with Crippen LogP contribution in [0.4, 0.5) is 5.69 Å². The first-order valence-corrected chi connectivity index (χ1v) is 12.5. The van der Waals surface area contributed by atoms with Gasteiger partial charge in [0.15, 0.2) is 0 Å². The Kier molecular flexibility index (Phi) is 7.24. The number of hydrogen-bond acceptors (Lipinski definition) is 3. The highest BCUT2D eigenvalue weighted by Gasteiger charge is 2.17. The van der Waals surface area contributed by atoms with Crippen molar-refractivity contribution in [3.8, 4) is 16.9 Å². The van der Waals surface area contributed by atoms with E-state index in [-0.39, 0.29) is 5.91 Å². The lowest BCUT2D eigenvalue weighted by Gasteiger charge is -2.12. The molecule has 0 fully saturated rings. The molecule has 6 nitrogen and oxygen atoms in total. The summed E-state index contributed by atoms with van der Waals surface area (Å²) in [6.45, 7) is 0.501. The summed E-state index contributed by atoms with van der Waals surface area (Å²) >= 11 is 0.